The average molecular weight is 280 g/mol. The van der Waals surface area contributed by atoms with Gasteiger partial charge in [0.2, 0.25) is 0 Å². The highest BCUT2D eigenvalue weighted by Crippen LogP contribution is 2.20. The Hall–Kier alpha value is -2.69. The van der Waals surface area contributed by atoms with Gasteiger partial charge in [-0.1, -0.05) is 12.1 Å². The molecule has 0 unspecified atom stereocenters. The summed E-state index contributed by atoms with van der Waals surface area (Å²) in [6.45, 7) is 4.59. The molecule has 3 rings (SSSR count). The number of aromatic amines is 1. The number of aryl methyl sites for hydroxylation is 1. The van der Waals surface area contributed by atoms with Gasteiger partial charge in [-0.15, -0.1) is 0 Å². The van der Waals surface area contributed by atoms with Gasteiger partial charge in [0.1, 0.15) is 11.0 Å². The van der Waals surface area contributed by atoms with Gasteiger partial charge in [-0.3, -0.25) is 4.79 Å². The number of fused-ring (bicyclic) bond motifs is 1. The van der Waals surface area contributed by atoms with E-state index in [1.54, 1.807) is 23.1 Å². The quantitative estimate of drug-likeness (QED) is 0.802. The van der Waals surface area contributed by atoms with Crippen LogP contribution in [-0.4, -0.2) is 27.9 Å². The molecule has 0 saturated heterocycles. The molecule has 1 amide bonds. The third-order valence-electron chi connectivity index (χ3n) is 3.44. The molecule has 5 heteroatoms. The zero-order chi connectivity index (χ0) is 14.8. The third-order valence-corrected chi connectivity index (χ3v) is 3.44. The van der Waals surface area contributed by atoms with E-state index in [1.807, 2.05) is 38.1 Å². The maximum Gasteiger partial charge on any atom is 0.258 e. The zero-order valence-corrected chi connectivity index (χ0v) is 12.0. The van der Waals surface area contributed by atoms with E-state index in [1.165, 1.54) is 0 Å². The number of nitrogens with one attached hydrogen (secondary N) is 1. The molecule has 0 radical (unpaired) electrons. The van der Waals surface area contributed by atoms with Crippen LogP contribution in [0.2, 0.25) is 0 Å². The second-order valence-electron chi connectivity index (χ2n) is 4.92. The molecular weight excluding hydrogens is 264 g/mol. The molecule has 0 bridgehead atoms. The molecule has 1 heterocycles. The van der Waals surface area contributed by atoms with Crippen molar-refractivity contribution in [3.8, 4) is 0 Å². The Morgan fingerprint density at radius 2 is 1.95 bits per heavy atom. The number of hydrogen-bond donors (Lipinski definition) is 1. The number of nitrogens with zero attached hydrogens (tertiary/aromatic N) is 3. The largest absolute Gasteiger partial charge is 0.309 e. The fourth-order valence-electron chi connectivity index (χ4n) is 2.37. The Labute approximate surface area is 122 Å². The predicted molar refractivity (Wildman–Crippen MR) is 82.4 cm³/mol. The first-order valence-electron chi connectivity index (χ1n) is 6.88. The van der Waals surface area contributed by atoms with Gasteiger partial charge in [-0.2, -0.15) is 15.4 Å². The Morgan fingerprint density at radius 1 is 1.14 bits per heavy atom. The predicted octanol–water partition coefficient (Wildman–Crippen LogP) is 2.93. The van der Waals surface area contributed by atoms with Crippen molar-refractivity contribution >= 4 is 22.6 Å². The normalized spacial score (nSPS) is 10.8. The summed E-state index contributed by atoms with van der Waals surface area (Å²) in [4.78, 5) is 14.5. The van der Waals surface area contributed by atoms with E-state index in [0.29, 0.717) is 17.6 Å². The highest BCUT2D eigenvalue weighted by atomic mass is 16.2. The molecule has 0 fully saturated rings. The van der Waals surface area contributed by atoms with Gasteiger partial charge in [-0.25, -0.2) is 0 Å². The van der Waals surface area contributed by atoms with Gasteiger partial charge in [0.05, 0.1) is 0 Å². The second-order valence-corrected chi connectivity index (χ2v) is 4.92. The van der Waals surface area contributed by atoms with E-state index in [0.717, 1.165) is 16.8 Å². The minimum absolute atomic E-state index is 0.0343. The number of amides is 1. The Bertz CT molecular complexity index is 794. The van der Waals surface area contributed by atoms with Gasteiger partial charge in [0, 0.05) is 17.8 Å². The summed E-state index contributed by atoms with van der Waals surface area (Å²) in [6, 6.07) is 13.3. The van der Waals surface area contributed by atoms with Crippen molar-refractivity contribution in [1.82, 2.24) is 15.4 Å². The number of rotatable bonds is 3. The lowest BCUT2D eigenvalue weighted by Crippen LogP contribution is -2.30. The van der Waals surface area contributed by atoms with Crippen LogP contribution in [0.25, 0.3) is 11.0 Å². The molecule has 3 aromatic rings. The van der Waals surface area contributed by atoms with Crippen LogP contribution >= 0.6 is 0 Å². The van der Waals surface area contributed by atoms with E-state index in [9.17, 15) is 4.79 Å². The van der Waals surface area contributed by atoms with Crippen molar-refractivity contribution in [2.75, 3.05) is 11.4 Å². The summed E-state index contributed by atoms with van der Waals surface area (Å²) < 4.78 is 0. The van der Waals surface area contributed by atoms with Gasteiger partial charge in [-0.05, 0) is 49.7 Å². The number of H-pyrrole nitrogens is 1. The molecule has 2 aromatic carbocycles. The number of aromatic nitrogens is 3. The van der Waals surface area contributed by atoms with Crippen molar-refractivity contribution in [3.63, 3.8) is 0 Å². The van der Waals surface area contributed by atoms with Gasteiger partial charge < -0.3 is 4.90 Å². The van der Waals surface area contributed by atoms with Crippen molar-refractivity contribution in [2.45, 2.75) is 13.8 Å². The van der Waals surface area contributed by atoms with Crippen LogP contribution in [0.3, 0.4) is 0 Å². The maximum atomic E-state index is 12.7. The summed E-state index contributed by atoms with van der Waals surface area (Å²) in [5.74, 6) is -0.0343. The van der Waals surface area contributed by atoms with Crippen LogP contribution in [0.4, 0.5) is 5.69 Å². The van der Waals surface area contributed by atoms with Gasteiger partial charge >= 0.3 is 0 Å². The average Bonchev–Trinajstić information content (AvgIpc) is 2.95. The number of benzene rings is 2. The smallest absolute Gasteiger partial charge is 0.258 e. The molecule has 1 N–H and O–H groups in total. The monoisotopic (exact) mass is 280 g/mol. The van der Waals surface area contributed by atoms with Crippen molar-refractivity contribution in [3.05, 3.63) is 53.6 Å². The van der Waals surface area contributed by atoms with Crippen LogP contribution in [0.5, 0.6) is 0 Å². The maximum absolute atomic E-state index is 12.7. The molecule has 0 aliphatic heterocycles. The first-order valence-corrected chi connectivity index (χ1v) is 6.88. The summed E-state index contributed by atoms with van der Waals surface area (Å²) in [6.07, 6.45) is 0. The van der Waals surface area contributed by atoms with Crippen LogP contribution in [0.15, 0.2) is 42.5 Å². The standard InChI is InChI=1S/C16H16N4O/c1-3-20(13-6-4-5-11(2)9-13)16(21)12-7-8-14-15(10-12)18-19-17-14/h4-10H,3H2,1-2H3,(H,17,18,19). The SMILES string of the molecule is CCN(C(=O)c1ccc2n[nH]nc2c1)c1cccc(C)c1. The van der Waals surface area contributed by atoms with Crippen LogP contribution in [-0.2, 0) is 0 Å². The van der Waals surface area contributed by atoms with Crippen LogP contribution in [0.1, 0.15) is 22.8 Å². The first-order chi connectivity index (χ1) is 10.2. The highest BCUT2D eigenvalue weighted by Gasteiger charge is 2.17. The van der Waals surface area contributed by atoms with E-state index >= 15 is 0 Å². The molecule has 0 saturated carbocycles. The second kappa shape index (κ2) is 5.36. The molecule has 0 spiro atoms. The summed E-state index contributed by atoms with van der Waals surface area (Å²) >= 11 is 0. The topological polar surface area (TPSA) is 61.9 Å². The minimum atomic E-state index is -0.0343. The molecular formula is C16H16N4O. The summed E-state index contributed by atoms with van der Waals surface area (Å²) in [5, 5.41) is 10.6. The molecule has 0 aliphatic rings. The number of hydrogen-bond acceptors (Lipinski definition) is 3. The molecule has 106 valence electrons. The van der Waals surface area contributed by atoms with E-state index < -0.39 is 0 Å². The summed E-state index contributed by atoms with van der Waals surface area (Å²) in [7, 11) is 0. The van der Waals surface area contributed by atoms with Crippen molar-refractivity contribution in [2.24, 2.45) is 0 Å². The molecule has 0 atom stereocenters. The summed E-state index contributed by atoms with van der Waals surface area (Å²) in [5.41, 5.74) is 4.10. The lowest BCUT2D eigenvalue weighted by Gasteiger charge is -2.21. The zero-order valence-electron chi connectivity index (χ0n) is 12.0. The van der Waals surface area contributed by atoms with Gasteiger partial charge in [0.15, 0.2) is 0 Å². The molecule has 1 aromatic heterocycles. The number of carbonyl (C=O) groups excluding carboxylic acids is 1. The molecule has 5 nitrogen and oxygen atoms in total. The number of anilines is 1. The van der Waals surface area contributed by atoms with E-state index in [4.69, 9.17) is 0 Å². The lowest BCUT2D eigenvalue weighted by atomic mass is 10.1. The Morgan fingerprint density at radius 3 is 2.71 bits per heavy atom. The van der Waals surface area contributed by atoms with E-state index in [-0.39, 0.29) is 5.91 Å². The minimum Gasteiger partial charge on any atom is -0.309 e. The molecule has 0 aliphatic carbocycles. The number of carbonyl (C=O) groups is 1. The van der Waals surface area contributed by atoms with E-state index in [2.05, 4.69) is 15.4 Å². The fourth-order valence-corrected chi connectivity index (χ4v) is 2.37. The Kier molecular flexibility index (Phi) is 3.39. The van der Waals surface area contributed by atoms with Crippen LogP contribution < -0.4 is 4.90 Å². The fraction of sp³-hybridized carbons (Fsp3) is 0.188. The van der Waals surface area contributed by atoms with Crippen molar-refractivity contribution in [1.29, 1.82) is 0 Å². The Balaban J connectivity index is 1.98. The molecule has 21 heavy (non-hydrogen) atoms. The first kappa shape index (κ1) is 13.3. The third kappa shape index (κ3) is 2.50. The highest BCUT2D eigenvalue weighted by molar-refractivity contribution is 6.07. The van der Waals surface area contributed by atoms with Gasteiger partial charge in [0.25, 0.3) is 5.91 Å². The lowest BCUT2D eigenvalue weighted by molar-refractivity contribution is 0.0988. The van der Waals surface area contributed by atoms with Crippen molar-refractivity contribution < 1.29 is 4.79 Å². The van der Waals surface area contributed by atoms with Crippen LogP contribution in [0, 0.1) is 6.92 Å².